The molecular formula is C15H25N3O2. The SMILES string of the molecule is CCNc1cc(C)ncc1C(=O)NCCCCCOC. The van der Waals surface area contributed by atoms with E-state index in [-0.39, 0.29) is 5.91 Å². The zero-order chi connectivity index (χ0) is 14.8. The van der Waals surface area contributed by atoms with Crippen molar-refractivity contribution in [2.45, 2.75) is 33.1 Å². The first-order valence-electron chi connectivity index (χ1n) is 7.16. The molecule has 0 atom stereocenters. The van der Waals surface area contributed by atoms with Crippen LogP contribution in [0.5, 0.6) is 0 Å². The molecule has 0 bridgehead atoms. The summed E-state index contributed by atoms with van der Waals surface area (Å²) in [5.41, 5.74) is 2.35. The number of carbonyl (C=O) groups excluding carboxylic acids is 1. The lowest BCUT2D eigenvalue weighted by molar-refractivity contribution is 0.0953. The van der Waals surface area contributed by atoms with Gasteiger partial charge in [0.1, 0.15) is 0 Å². The summed E-state index contributed by atoms with van der Waals surface area (Å²) in [5, 5.41) is 6.13. The molecule has 0 aliphatic carbocycles. The zero-order valence-electron chi connectivity index (χ0n) is 12.7. The molecule has 2 N–H and O–H groups in total. The number of pyridine rings is 1. The maximum Gasteiger partial charge on any atom is 0.254 e. The van der Waals surface area contributed by atoms with Crippen LogP contribution >= 0.6 is 0 Å². The van der Waals surface area contributed by atoms with Gasteiger partial charge in [-0.1, -0.05) is 0 Å². The lowest BCUT2D eigenvalue weighted by Gasteiger charge is -2.11. The second-order valence-electron chi connectivity index (χ2n) is 4.71. The van der Waals surface area contributed by atoms with Gasteiger partial charge in [0.2, 0.25) is 0 Å². The van der Waals surface area contributed by atoms with E-state index in [1.165, 1.54) is 0 Å². The van der Waals surface area contributed by atoms with E-state index in [4.69, 9.17) is 4.74 Å². The summed E-state index contributed by atoms with van der Waals surface area (Å²) in [7, 11) is 1.70. The minimum Gasteiger partial charge on any atom is -0.385 e. The number of carbonyl (C=O) groups is 1. The molecule has 1 heterocycles. The molecule has 112 valence electrons. The number of unbranched alkanes of at least 4 members (excludes halogenated alkanes) is 2. The van der Waals surface area contributed by atoms with Gasteiger partial charge in [-0.2, -0.15) is 0 Å². The van der Waals surface area contributed by atoms with Crippen molar-refractivity contribution in [3.63, 3.8) is 0 Å². The summed E-state index contributed by atoms with van der Waals surface area (Å²) in [5.74, 6) is -0.0693. The van der Waals surface area contributed by atoms with Gasteiger partial charge in [0.25, 0.3) is 5.91 Å². The Morgan fingerprint density at radius 2 is 2.15 bits per heavy atom. The number of anilines is 1. The summed E-state index contributed by atoms with van der Waals surface area (Å²) >= 11 is 0. The van der Waals surface area contributed by atoms with E-state index in [1.54, 1.807) is 13.3 Å². The Hall–Kier alpha value is -1.62. The third-order valence-electron chi connectivity index (χ3n) is 2.96. The Balaban J connectivity index is 2.46. The van der Waals surface area contributed by atoms with Gasteiger partial charge >= 0.3 is 0 Å². The van der Waals surface area contributed by atoms with E-state index in [0.29, 0.717) is 12.1 Å². The van der Waals surface area contributed by atoms with Gasteiger partial charge in [0, 0.05) is 38.7 Å². The standard InChI is InChI=1S/C15H25N3O2/c1-4-16-14-10-12(2)18-11-13(14)15(19)17-8-6-5-7-9-20-3/h10-11H,4-9H2,1-3H3,(H,16,18)(H,17,19). The Morgan fingerprint density at radius 1 is 1.35 bits per heavy atom. The fraction of sp³-hybridized carbons (Fsp3) is 0.600. The van der Waals surface area contributed by atoms with Crippen molar-refractivity contribution in [3.8, 4) is 0 Å². The summed E-state index contributed by atoms with van der Waals surface area (Å²) in [6, 6.07) is 1.90. The molecule has 0 saturated carbocycles. The van der Waals surface area contributed by atoms with Crippen LogP contribution in [0.1, 0.15) is 42.2 Å². The molecule has 0 aliphatic heterocycles. The molecule has 1 aromatic rings. The first-order valence-corrected chi connectivity index (χ1v) is 7.16. The number of aryl methyl sites for hydroxylation is 1. The molecule has 0 aromatic carbocycles. The fourth-order valence-electron chi connectivity index (χ4n) is 1.92. The molecular weight excluding hydrogens is 254 g/mol. The molecule has 0 spiro atoms. The number of amides is 1. The molecule has 0 radical (unpaired) electrons. The van der Waals surface area contributed by atoms with Gasteiger partial charge < -0.3 is 15.4 Å². The summed E-state index contributed by atoms with van der Waals surface area (Å²) in [6.45, 7) is 6.16. The molecule has 0 saturated heterocycles. The summed E-state index contributed by atoms with van der Waals surface area (Å²) in [6.07, 6.45) is 4.68. The Morgan fingerprint density at radius 3 is 2.85 bits per heavy atom. The Bertz CT molecular complexity index is 422. The normalized spacial score (nSPS) is 10.3. The van der Waals surface area contributed by atoms with Gasteiger partial charge in [-0.05, 0) is 39.2 Å². The molecule has 0 fully saturated rings. The van der Waals surface area contributed by atoms with Crippen LogP contribution in [-0.2, 0) is 4.74 Å². The summed E-state index contributed by atoms with van der Waals surface area (Å²) in [4.78, 5) is 16.3. The van der Waals surface area contributed by atoms with Crippen molar-refractivity contribution in [3.05, 3.63) is 23.5 Å². The van der Waals surface area contributed by atoms with Gasteiger partial charge in [-0.15, -0.1) is 0 Å². The van der Waals surface area contributed by atoms with Crippen LogP contribution in [0.2, 0.25) is 0 Å². The maximum absolute atomic E-state index is 12.1. The van der Waals surface area contributed by atoms with Crippen LogP contribution in [0, 0.1) is 6.92 Å². The highest BCUT2D eigenvalue weighted by atomic mass is 16.5. The van der Waals surface area contributed by atoms with Crippen LogP contribution in [0.3, 0.4) is 0 Å². The lowest BCUT2D eigenvalue weighted by atomic mass is 10.2. The molecule has 1 rings (SSSR count). The van der Waals surface area contributed by atoms with Crippen LogP contribution in [-0.4, -0.2) is 37.7 Å². The van der Waals surface area contributed by atoms with Gasteiger partial charge in [-0.3, -0.25) is 9.78 Å². The van der Waals surface area contributed by atoms with Crippen LogP contribution in [0.25, 0.3) is 0 Å². The quantitative estimate of drug-likeness (QED) is 0.681. The van der Waals surface area contributed by atoms with Crippen molar-refractivity contribution in [1.82, 2.24) is 10.3 Å². The van der Waals surface area contributed by atoms with E-state index < -0.39 is 0 Å². The van der Waals surface area contributed by atoms with Gasteiger partial charge in [0.15, 0.2) is 0 Å². The highest BCUT2D eigenvalue weighted by molar-refractivity contribution is 5.99. The predicted molar refractivity (Wildman–Crippen MR) is 81.2 cm³/mol. The van der Waals surface area contributed by atoms with E-state index in [1.807, 2.05) is 19.9 Å². The monoisotopic (exact) mass is 279 g/mol. The second kappa shape index (κ2) is 9.31. The topological polar surface area (TPSA) is 63.2 Å². The van der Waals surface area contributed by atoms with Crippen molar-refractivity contribution in [2.24, 2.45) is 0 Å². The highest BCUT2D eigenvalue weighted by Gasteiger charge is 2.11. The molecule has 5 nitrogen and oxygen atoms in total. The number of hydrogen-bond donors (Lipinski definition) is 2. The molecule has 1 amide bonds. The molecule has 0 unspecified atom stereocenters. The zero-order valence-corrected chi connectivity index (χ0v) is 12.7. The van der Waals surface area contributed by atoms with Crippen molar-refractivity contribution < 1.29 is 9.53 Å². The number of rotatable bonds is 9. The van der Waals surface area contributed by atoms with Crippen LogP contribution in [0.15, 0.2) is 12.3 Å². The van der Waals surface area contributed by atoms with Gasteiger partial charge in [-0.25, -0.2) is 0 Å². The molecule has 0 aliphatic rings. The van der Waals surface area contributed by atoms with Crippen LogP contribution in [0.4, 0.5) is 5.69 Å². The first-order chi connectivity index (χ1) is 9.69. The van der Waals surface area contributed by atoms with E-state index in [0.717, 1.165) is 43.8 Å². The lowest BCUT2D eigenvalue weighted by Crippen LogP contribution is -2.25. The average Bonchev–Trinajstić information content (AvgIpc) is 2.43. The minimum absolute atomic E-state index is 0.0693. The number of nitrogens with zero attached hydrogens (tertiary/aromatic N) is 1. The Labute approximate surface area is 121 Å². The highest BCUT2D eigenvalue weighted by Crippen LogP contribution is 2.15. The number of nitrogens with one attached hydrogen (secondary N) is 2. The maximum atomic E-state index is 12.1. The Kier molecular flexibility index (Phi) is 7.65. The third-order valence-corrected chi connectivity index (χ3v) is 2.96. The van der Waals surface area contributed by atoms with Crippen LogP contribution < -0.4 is 10.6 Å². The van der Waals surface area contributed by atoms with Crippen molar-refractivity contribution in [2.75, 3.05) is 32.1 Å². The predicted octanol–water partition coefficient (Wildman–Crippen LogP) is 2.37. The number of aromatic nitrogens is 1. The number of methoxy groups -OCH3 is 1. The smallest absolute Gasteiger partial charge is 0.254 e. The first kappa shape index (κ1) is 16.4. The third kappa shape index (κ3) is 5.57. The number of hydrogen-bond acceptors (Lipinski definition) is 4. The van der Waals surface area contributed by atoms with E-state index in [9.17, 15) is 4.79 Å². The molecule has 5 heteroatoms. The molecule has 20 heavy (non-hydrogen) atoms. The minimum atomic E-state index is -0.0693. The number of ether oxygens (including phenoxy) is 1. The van der Waals surface area contributed by atoms with E-state index >= 15 is 0 Å². The molecule has 1 aromatic heterocycles. The fourth-order valence-corrected chi connectivity index (χ4v) is 1.92. The summed E-state index contributed by atoms with van der Waals surface area (Å²) < 4.78 is 4.99. The van der Waals surface area contributed by atoms with E-state index in [2.05, 4.69) is 15.6 Å². The average molecular weight is 279 g/mol. The van der Waals surface area contributed by atoms with Crippen molar-refractivity contribution >= 4 is 11.6 Å². The van der Waals surface area contributed by atoms with Gasteiger partial charge in [0.05, 0.1) is 11.3 Å². The largest absolute Gasteiger partial charge is 0.385 e. The van der Waals surface area contributed by atoms with Crippen molar-refractivity contribution in [1.29, 1.82) is 0 Å². The second-order valence-corrected chi connectivity index (χ2v) is 4.71.